The molecule has 0 amide bonds. The minimum Gasteiger partial charge on any atom is -0.350 e. The molecule has 0 aliphatic rings. The predicted octanol–water partition coefficient (Wildman–Crippen LogP) is 3.48. The van der Waals surface area contributed by atoms with E-state index in [-0.39, 0.29) is 0 Å². The fourth-order valence-corrected chi connectivity index (χ4v) is 1.55. The molecule has 5 nitrogen and oxygen atoms in total. The Labute approximate surface area is 117 Å². The van der Waals surface area contributed by atoms with Gasteiger partial charge in [0, 0.05) is 16.8 Å². The minimum absolute atomic E-state index is 0.313. The smallest absolute Gasteiger partial charge is 0.244 e. The Morgan fingerprint density at radius 3 is 2.68 bits per heavy atom. The quantitative estimate of drug-likeness (QED) is 0.876. The Kier molecular flexibility index (Phi) is 4.52. The van der Waals surface area contributed by atoms with Crippen LogP contribution in [0.15, 0.2) is 30.5 Å². The average molecular weight is 278 g/mol. The molecule has 0 fully saturated rings. The lowest BCUT2D eigenvalue weighted by Gasteiger charge is -2.11. The molecule has 19 heavy (non-hydrogen) atoms. The number of hydrogen-bond acceptors (Lipinski definition) is 5. The van der Waals surface area contributed by atoms with Gasteiger partial charge >= 0.3 is 0 Å². The molecule has 1 heterocycles. The Hall–Kier alpha value is -1.88. The number of halogens is 1. The van der Waals surface area contributed by atoms with Gasteiger partial charge in [0.2, 0.25) is 5.95 Å². The summed E-state index contributed by atoms with van der Waals surface area (Å²) in [4.78, 5) is 4.35. The van der Waals surface area contributed by atoms with Crippen LogP contribution in [0.2, 0.25) is 5.02 Å². The zero-order chi connectivity index (χ0) is 13.7. The van der Waals surface area contributed by atoms with Crippen molar-refractivity contribution in [3.05, 3.63) is 35.5 Å². The maximum Gasteiger partial charge on any atom is 0.244 e. The molecule has 1 aromatic carbocycles. The number of anilines is 3. The van der Waals surface area contributed by atoms with Crippen LogP contribution in [-0.2, 0) is 0 Å². The number of benzene rings is 1. The molecule has 0 saturated carbocycles. The van der Waals surface area contributed by atoms with Crippen LogP contribution in [0.3, 0.4) is 0 Å². The Balaban J connectivity index is 2.08. The fourth-order valence-electron chi connectivity index (χ4n) is 1.43. The highest BCUT2D eigenvalue weighted by Crippen LogP contribution is 2.17. The Bertz CT molecular complexity index is 529. The van der Waals surface area contributed by atoms with Crippen LogP contribution >= 0.6 is 11.6 Å². The summed E-state index contributed by atoms with van der Waals surface area (Å²) in [5, 5.41) is 14.9. The third kappa shape index (κ3) is 4.06. The number of nitrogens with one attached hydrogen (secondary N) is 2. The van der Waals surface area contributed by atoms with Crippen LogP contribution in [-0.4, -0.2) is 21.2 Å². The molecular weight excluding hydrogens is 262 g/mol. The van der Waals surface area contributed by atoms with Crippen LogP contribution in [0.25, 0.3) is 0 Å². The van der Waals surface area contributed by atoms with Crippen molar-refractivity contribution in [3.63, 3.8) is 0 Å². The van der Waals surface area contributed by atoms with Gasteiger partial charge in [-0.1, -0.05) is 18.5 Å². The Morgan fingerprint density at radius 1 is 1.26 bits per heavy atom. The molecule has 2 N–H and O–H groups in total. The third-order valence-electron chi connectivity index (χ3n) is 2.66. The zero-order valence-corrected chi connectivity index (χ0v) is 11.6. The molecule has 0 aliphatic carbocycles. The van der Waals surface area contributed by atoms with Crippen molar-refractivity contribution in [1.82, 2.24) is 15.2 Å². The second-order valence-electron chi connectivity index (χ2n) is 4.25. The van der Waals surface area contributed by atoms with E-state index in [1.807, 2.05) is 24.3 Å². The van der Waals surface area contributed by atoms with Gasteiger partial charge in [0.15, 0.2) is 5.82 Å². The van der Waals surface area contributed by atoms with Crippen molar-refractivity contribution in [2.75, 3.05) is 10.6 Å². The highest BCUT2D eigenvalue weighted by Gasteiger charge is 2.04. The second kappa shape index (κ2) is 6.33. The normalized spacial score (nSPS) is 11.9. The SMILES string of the molecule is CCC(C)Nc1nncc(Nc2ccc(Cl)cc2)n1. The van der Waals surface area contributed by atoms with Gasteiger partial charge in [-0.3, -0.25) is 0 Å². The van der Waals surface area contributed by atoms with Crippen molar-refractivity contribution in [2.24, 2.45) is 0 Å². The average Bonchev–Trinajstić information content (AvgIpc) is 2.42. The monoisotopic (exact) mass is 277 g/mol. The van der Waals surface area contributed by atoms with Crippen LogP contribution in [0, 0.1) is 0 Å². The molecule has 2 aromatic rings. The highest BCUT2D eigenvalue weighted by molar-refractivity contribution is 6.30. The van der Waals surface area contributed by atoms with Crippen LogP contribution < -0.4 is 10.6 Å². The standard InChI is InChI=1S/C13H16ClN5/c1-3-9(2)16-13-18-12(8-15-19-13)17-11-6-4-10(14)5-7-11/h4-9H,3H2,1-2H3,(H2,16,17,18,19). The molecule has 2 rings (SSSR count). The first-order valence-corrected chi connectivity index (χ1v) is 6.54. The number of hydrogen-bond donors (Lipinski definition) is 2. The first-order chi connectivity index (χ1) is 9.17. The molecule has 6 heteroatoms. The summed E-state index contributed by atoms with van der Waals surface area (Å²) in [6, 6.07) is 7.71. The topological polar surface area (TPSA) is 62.7 Å². The van der Waals surface area contributed by atoms with E-state index in [0.717, 1.165) is 12.1 Å². The van der Waals surface area contributed by atoms with Crippen molar-refractivity contribution in [2.45, 2.75) is 26.3 Å². The van der Waals surface area contributed by atoms with Crippen molar-refractivity contribution in [3.8, 4) is 0 Å². The largest absolute Gasteiger partial charge is 0.350 e. The molecule has 1 unspecified atom stereocenters. The predicted molar refractivity (Wildman–Crippen MR) is 77.9 cm³/mol. The molecule has 1 atom stereocenters. The van der Waals surface area contributed by atoms with E-state index < -0.39 is 0 Å². The van der Waals surface area contributed by atoms with E-state index in [4.69, 9.17) is 11.6 Å². The first kappa shape index (κ1) is 13.5. The maximum absolute atomic E-state index is 5.84. The molecule has 0 aliphatic heterocycles. The summed E-state index contributed by atoms with van der Waals surface area (Å²) >= 11 is 5.84. The molecule has 100 valence electrons. The van der Waals surface area contributed by atoms with Gasteiger partial charge in [0.25, 0.3) is 0 Å². The van der Waals surface area contributed by atoms with E-state index in [1.54, 1.807) is 6.20 Å². The van der Waals surface area contributed by atoms with E-state index in [2.05, 4.69) is 39.7 Å². The van der Waals surface area contributed by atoms with Crippen LogP contribution in [0.4, 0.5) is 17.5 Å². The van der Waals surface area contributed by atoms with Gasteiger partial charge in [-0.2, -0.15) is 10.1 Å². The molecule has 1 aromatic heterocycles. The molecule has 0 spiro atoms. The van der Waals surface area contributed by atoms with Crippen LogP contribution in [0.1, 0.15) is 20.3 Å². The van der Waals surface area contributed by atoms with Crippen molar-refractivity contribution < 1.29 is 0 Å². The summed E-state index contributed by atoms with van der Waals surface area (Å²) in [6.07, 6.45) is 2.58. The molecule has 0 bridgehead atoms. The fraction of sp³-hybridized carbons (Fsp3) is 0.308. The second-order valence-corrected chi connectivity index (χ2v) is 4.69. The Morgan fingerprint density at radius 2 is 2.00 bits per heavy atom. The zero-order valence-electron chi connectivity index (χ0n) is 10.9. The van der Waals surface area contributed by atoms with Gasteiger partial charge in [-0.05, 0) is 37.6 Å². The molecular formula is C13H16ClN5. The highest BCUT2D eigenvalue weighted by atomic mass is 35.5. The molecule has 0 saturated heterocycles. The third-order valence-corrected chi connectivity index (χ3v) is 2.92. The summed E-state index contributed by atoms with van der Waals surface area (Å²) in [5.74, 6) is 1.16. The summed E-state index contributed by atoms with van der Waals surface area (Å²) in [7, 11) is 0. The van der Waals surface area contributed by atoms with Gasteiger partial charge in [-0.25, -0.2) is 0 Å². The van der Waals surface area contributed by atoms with E-state index in [9.17, 15) is 0 Å². The number of rotatable bonds is 5. The van der Waals surface area contributed by atoms with Crippen molar-refractivity contribution in [1.29, 1.82) is 0 Å². The van der Waals surface area contributed by atoms with Gasteiger partial charge < -0.3 is 10.6 Å². The summed E-state index contributed by atoms with van der Waals surface area (Å²) in [5.41, 5.74) is 0.902. The van der Waals surface area contributed by atoms with E-state index >= 15 is 0 Å². The van der Waals surface area contributed by atoms with Gasteiger partial charge in [0.05, 0.1) is 6.20 Å². The first-order valence-electron chi connectivity index (χ1n) is 6.16. The minimum atomic E-state index is 0.313. The lowest BCUT2D eigenvalue weighted by molar-refractivity contribution is 0.746. The van der Waals surface area contributed by atoms with Gasteiger partial charge in [0.1, 0.15) is 0 Å². The lowest BCUT2D eigenvalue weighted by Crippen LogP contribution is -2.16. The van der Waals surface area contributed by atoms with E-state index in [0.29, 0.717) is 22.8 Å². The summed E-state index contributed by atoms with van der Waals surface area (Å²) < 4.78 is 0. The van der Waals surface area contributed by atoms with E-state index in [1.165, 1.54) is 0 Å². The summed E-state index contributed by atoms with van der Waals surface area (Å²) in [6.45, 7) is 4.17. The van der Waals surface area contributed by atoms with Crippen molar-refractivity contribution >= 4 is 29.1 Å². The lowest BCUT2D eigenvalue weighted by atomic mass is 10.3. The maximum atomic E-state index is 5.84. The number of nitrogens with zero attached hydrogens (tertiary/aromatic N) is 3. The van der Waals surface area contributed by atoms with Crippen LogP contribution in [0.5, 0.6) is 0 Å². The van der Waals surface area contributed by atoms with Gasteiger partial charge in [-0.15, -0.1) is 5.10 Å². The molecule has 0 radical (unpaired) electrons. The number of aromatic nitrogens is 3.